The van der Waals surface area contributed by atoms with Crippen LogP contribution in [0, 0.1) is 13.8 Å². The second-order valence-corrected chi connectivity index (χ2v) is 7.01. The lowest BCUT2D eigenvalue weighted by molar-refractivity contribution is -0.118. The molecule has 0 aliphatic rings. The van der Waals surface area contributed by atoms with Crippen molar-refractivity contribution in [2.24, 2.45) is 0 Å². The van der Waals surface area contributed by atoms with E-state index in [9.17, 15) is 4.79 Å². The van der Waals surface area contributed by atoms with Crippen LogP contribution < -0.4 is 14.8 Å². The van der Waals surface area contributed by atoms with E-state index in [2.05, 4.69) is 22.4 Å². The molecular weight excluding hydrogens is 348 g/mol. The minimum absolute atomic E-state index is 0.0786. The normalized spacial score (nSPS) is 10.4. The molecule has 1 amide bonds. The highest BCUT2D eigenvalue weighted by atomic mass is 32.1. The van der Waals surface area contributed by atoms with E-state index in [1.54, 1.807) is 31.4 Å². The molecule has 3 aromatic rings. The van der Waals surface area contributed by atoms with Gasteiger partial charge in [0.1, 0.15) is 11.5 Å². The topological polar surface area (TPSA) is 60.5 Å². The van der Waals surface area contributed by atoms with Gasteiger partial charge >= 0.3 is 0 Å². The fraction of sp³-hybridized carbons (Fsp3) is 0.200. The Kier molecular flexibility index (Phi) is 5.53. The van der Waals surface area contributed by atoms with Crippen molar-refractivity contribution in [3.05, 3.63) is 59.0 Å². The highest BCUT2D eigenvalue weighted by Gasteiger charge is 2.12. The Morgan fingerprint density at radius 2 is 1.69 bits per heavy atom. The fourth-order valence-electron chi connectivity index (χ4n) is 2.41. The zero-order valence-corrected chi connectivity index (χ0v) is 15.7. The van der Waals surface area contributed by atoms with Crippen LogP contribution in [0.3, 0.4) is 0 Å². The van der Waals surface area contributed by atoms with E-state index in [1.807, 2.05) is 26.0 Å². The summed E-state index contributed by atoms with van der Waals surface area (Å²) in [6.07, 6.45) is 0. The van der Waals surface area contributed by atoms with Crippen LogP contribution in [-0.4, -0.2) is 24.6 Å². The third kappa shape index (κ3) is 4.40. The first-order chi connectivity index (χ1) is 12.5. The molecule has 1 aromatic heterocycles. The van der Waals surface area contributed by atoms with Crippen LogP contribution in [0.2, 0.25) is 0 Å². The van der Waals surface area contributed by atoms with Gasteiger partial charge in [-0.25, -0.2) is 4.98 Å². The summed E-state index contributed by atoms with van der Waals surface area (Å²) in [6.45, 7) is 3.97. The van der Waals surface area contributed by atoms with E-state index < -0.39 is 0 Å². The third-order valence-corrected chi connectivity index (χ3v) is 4.68. The van der Waals surface area contributed by atoms with E-state index in [0.29, 0.717) is 10.9 Å². The number of carbonyl (C=O) groups is 1. The number of aryl methyl sites for hydroxylation is 2. The molecule has 0 aliphatic carbocycles. The number of nitrogens with one attached hydrogen (secondary N) is 1. The number of hydrogen-bond donors (Lipinski definition) is 1. The number of methoxy groups -OCH3 is 1. The number of hydrogen-bond acceptors (Lipinski definition) is 5. The van der Waals surface area contributed by atoms with E-state index in [4.69, 9.17) is 9.47 Å². The van der Waals surface area contributed by atoms with Gasteiger partial charge in [0.2, 0.25) is 0 Å². The summed E-state index contributed by atoms with van der Waals surface area (Å²) in [4.78, 5) is 17.7. The number of benzene rings is 2. The molecule has 0 spiro atoms. The molecule has 26 heavy (non-hydrogen) atoms. The van der Waals surface area contributed by atoms with Gasteiger partial charge in [0.05, 0.1) is 12.8 Å². The molecule has 0 unspecified atom stereocenters. The number of anilines is 1. The Morgan fingerprint density at radius 3 is 2.35 bits per heavy atom. The van der Waals surface area contributed by atoms with Crippen molar-refractivity contribution in [3.8, 4) is 22.8 Å². The predicted molar refractivity (Wildman–Crippen MR) is 104 cm³/mol. The summed E-state index contributed by atoms with van der Waals surface area (Å²) in [7, 11) is 1.60. The van der Waals surface area contributed by atoms with Crippen LogP contribution >= 0.6 is 11.3 Å². The lowest BCUT2D eigenvalue weighted by atomic mass is 10.1. The predicted octanol–water partition coefficient (Wildman–Crippen LogP) is 4.45. The summed E-state index contributed by atoms with van der Waals surface area (Å²) in [5.74, 6) is 1.10. The second kappa shape index (κ2) is 8.01. The molecule has 0 fully saturated rings. The lowest BCUT2D eigenvalue weighted by Gasteiger charge is -2.06. The van der Waals surface area contributed by atoms with Gasteiger partial charge < -0.3 is 9.47 Å². The van der Waals surface area contributed by atoms with Crippen molar-refractivity contribution < 1.29 is 14.3 Å². The minimum Gasteiger partial charge on any atom is -0.497 e. The number of carbonyl (C=O) groups excluding carboxylic acids is 1. The van der Waals surface area contributed by atoms with Crippen molar-refractivity contribution in [1.29, 1.82) is 0 Å². The zero-order valence-electron chi connectivity index (χ0n) is 14.9. The number of rotatable bonds is 6. The molecule has 3 rings (SSSR count). The van der Waals surface area contributed by atoms with E-state index >= 15 is 0 Å². The summed E-state index contributed by atoms with van der Waals surface area (Å²) in [6, 6.07) is 15.3. The Bertz CT molecular complexity index is 886. The quantitative estimate of drug-likeness (QED) is 0.698. The third-order valence-electron chi connectivity index (χ3n) is 3.80. The first-order valence-corrected chi connectivity index (χ1v) is 8.98. The maximum absolute atomic E-state index is 12.1. The maximum atomic E-state index is 12.1. The lowest BCUT2D eigenvalue weighted by Crippen LogP contribution is -2.20. The Hall–Kier alpha value is -2.86. The Balaban J connectivity index is 1.60. The van der Waals surface area contributed by atoms with Crippen molar-refractivity contribution in [2.45, 2.75) is 13.8 Å². The standard InChI is InChI=1S/C20H20N2O3S/c1-13-4-6-15(7-5-13)19-14(2)26-20(22-19)21-18(23)12-25-17-10-8-16(24-3)9-11-17/h4-11H,12H2,1-3H3,(H,21,22,23). The number of thiazole rings is 1. The fourth-order valence-corrected chi connectivity index (χ4v) is 3.26. The van der Waals surface area contributed by atoms with Gasteiger partial charge in [0.15, 0.2) is 11.7 Å². The van der Waals surface area contributed by atoms with Crippen molar-refractivity contribution >= 4 is 22.4 Å². The van der Waals surface area contributed by atoms with Crippen molar-refractivity contribution in [3.63, 3.8) is 0 Å². The minimum atomic E-state index is -0.245. The summed E-state index contributed by atoms with van der Waals surface area (Å²) >= 11 is 1.45. The summed E-state index contributed by atoms with van der Waals surface area (Å²) < 4.78 is 10.6. The van der Waals surface area contributed by atoms with Crippen molar-refractivity contribution in [2.75, 3.05) is 19.0 Å². The zero-order chi connectivity index (χ0) is 18.5. The monoisotopic (exact) mass is 368 g/mol. The molecule has 0 radical (unpaired) electrons. The van der Waals surface area contributed by atoms with Gasteiger partial charge in [-0.2, -0.15) is 0 Å². The van der Waals surface area contributed by atoms with Crippen LogP contribution in [0.5, 0.6) is 11.5 Å². The van der Waals surface area contributed by atoms with Gasteiger partial charge in [-0.3, -0.25) is 10.1 Å². The van der Waals surface area contributed by atoms with Crippen LogP contribution in [0.15, 0.2) is 48.5 Å². The van der Waals surface area contributed by atoms with Crippen LogP contribution in [0.1, 0.15) is 10.4 Å². The SMILES string of the molecule is COc1ccc(OCC(=O)Nc2nc(-c3ccc(C)cc3)c(C)s2)cc1. The van der Waals surface area contributed by atoms with Gasteiger partial charge in [-0.1, -0.05) is 29.8 Å². The number of ether oxygens (including phenoxy) is 2. The molecule has 2 aromatic carbocycles. The van der Waals surface area contributed by atoms with Gasteiger partial charge in [0, 0.05) is 10.4 Å². The Labute approximate surface area is 156 Å². The molecule has 5 nitrogen and oxygen atoms in total. The smallest absolute Gasteiger partial charge is 0.264 e. The largest absolute Gasteiger partial charge is 0.497 e. The van der Waals surface area contributed by atoms with Gasteiger partial charge in [-0.15, -0.1) is 11.3 Å². The molecule has 6 heteroatoms. The van der Waals surface area contributed by atoms with E-state index in [0.717, 1.165) is 21.9 Å². The van der Waals surface area contributed by atoms with Crippen LogP contribution in [-0.2, 0) is 4.79 Å². The highest BCUT2D eigenvalue weighted by molar-refractivity contribution is 7.16. The molecule has 1 N–H and O–H groups in total. The maximum Gasteiger partial charge on any atom is 0.264 e. The van der Waals surface area contributed by atoms with Crippen LogP contribution in [0.25, 0.3) is 11.3 Å². The number of nitrogens with zero attached hydrogens (tertiary/aromatic N) is 1. The van der Waals surface area contributed by atoms with Crippen LogP contribution in [0.4, 0.5) is 5.13 Å². The molecule has 0 saturated heterocycles. The van der Waals surface area contributed by atoms with E-state index in [-0.39, 0.29) is 12.5 Å². The molecule has 0 atom stereocenters. The number of amides is 1. The van der Waals surface area contributed by atoms with E-state index in [1.165, 1.54) is 16.9 Å². The number of aromatic nitrogens is 1. The first kappa shape index (κ1) is 17.9. The molecule has 0 saturated carbocycles. The van der Waals surface area contributed by atoms with Gasteiger partial charge in [0.25, 0.3) is 5.91 Å². The average molecular weight is 368 g/mol. The first-order valence-electron chi connectivity index (χ1n) is 8.16. The molecule has 0 bridgehead atoms. The molecular formula is C20H20N2O3S. The molecule has 134 valence electrons. The Morgan fingerprint density at radius 1 is 1.04 bits per heavy atom. The average Bonchev–Trinajstić information content (AvgIpc) is 3.01. The highest BCUT2D eigenvalue weighted by Crippen LogP contribution is 2.30. The van der Waals surface area contributed by atoms with Crippen molar-refractivity contribution in [1.82, 2.24) is 4.98 Å². The van der Waals surface area contributed by atoms with Gasteiger partial charge in [-0.05, 0) is 38.1 Å². The summed E-state index contributed by atoms with van der Waals surface area (Å²) in [5, 5.41) is 3.37. The second-order valence-electron chi connectivity index (χ2n) is 5.80. The summed E-state index contributed by atoms with van der Waals surface area (Å²) in [5.41, 5.74) is 3.13. The molecule has 0 aliphatic heterocycles. The molecule has 1 heterocycles.